The van der Waals surface area contributed by atoms with Crippen LogP contribution in [0.15, 0.2) is 12.1 Å². The van der Waals surface area contributed by atoms with Crippen molar-refractivity contribution in [3.63, 3.8) is 0 Å². The molecule has 418 valence electrons. The summed E-state index contributed by atoms with van der Waals surface area (Å²) in [6.07, 6.45) is 2.53. The molecular weight excluding hydrogens is 941 g/mol. The number of hydrogen-bond donors (Lipinski definition) is 14. The molecule has 9 atom stereocenters. The Morgan fingerprint density at radius 2 is 0.861 bits per heavy atom. The molecule has 21 heteroatoms. The summed E-state index contributed by atoms with van der Waals surface area (Å²) in [5, 5.41) is 108. The smallest absolute Gasteiger partial charge is 0.252 e. The van der Waals surface area contributed by atoms with E-state index in [9.17, 15) is 60.0 Å². The topological polar surface area (TPSA) is 346 Å². The Hall–Kier alpha value is -3.90. The maximum absolute atomic E-state index is 13.8. The van der Waals surface area contributed by atoms with Crippen molar-refractivity contribution in [3.05, 3.63) is 17.7 Å². The van der Waals surface area contributed by atoms with Crippen molar-refractivity contribution in [2.24, 2.45) is 0 Å². The first-order valence-corrected chi connectivity index (χ1v) is 26.5. The first-order chi connectivity index (χ1) is 34.6. The molecular formula is C51H92N4O17. The summed E-state index contributed by atoms with van der Waals surface area (Å²) >= 11 is 0. The van der Waals surface area contributed by atoms with Crippen LogP contribution in [0.3, 0.4) is 0 Å². The minimum Gasteiger partial charge on any atom is -0.490 e. The lowest BCUT2D eigenvalue weighted by Crippen LogP contribution is -2.56. The third-order valence-corrected chi connectivity index (χ3v) is 12.1. The van der Waals surface area contributed by atoms with E-state index in [0.717, 1.165) is 89.9 Å². The van der Waals surface area contributed by atoms with E-state index >= 15 is 0 Å². The normalized spacial score (nSPS) is 15.2. The van der Waals surface area contributed by atoms with Gasteiger partial charge in [0.25, 0.3) is 17.7 Å². The number of hydrogen-bond acceptors (Lipinski definition) is 17. The third-order valence-electron chi connectivity index (χ3n) is 12.1. The molecule has 72 heavy (non-hydrogen) atoms. The van der Waals surface area contributed by atoms with E-state index in [1.807, 2.05) is 0 Å². The zero-order valence-corrected chi connectivity index (χ0v) is 43.2. The molecule has 0 aliphatic carbocycles. The maximum Gasteiger partial charge on any atom is 0.252 e. The molecule has 0 heterocycles. The summed E-state index contributed by atoms with van der Waals surface area (Å²) < 4.78 is 19.0. The van der Waals surface area contributed by atoms with Gasteiger partial charge in [0, 0.05) is 25.2 Å². The quantitative estimate of drug-likeness (QED) is 0.0411. The predicted molar refractivity (Wildman–Crippen MR) is 269 cm³/mol. The van der Waals surface area contributed by atoms with Crippen LogP contribution in [0.25, 0.3) is 0 Å². The fourth-order valence-electron chi connectivity index (χ4n) is 7.51. The van der Waals surface area contributed by atoms with E-state index in [1.165, 1.54) is 25.7 Å². The van der Waals surface area contributed by atoms with Gasteiger partial charge in [-0.15, -0.1) is 0 Å². The fourth-order valence-corrected chi connectivity index (χ4v) is 7.51. The second-order valence-electron chi connectivity index (χ2n) is 18.4. The number of carbonyl (C=O) groups is 4. The summed E-state index contributed by atoms with van der Waals surface area (Å²) in [5.41, 5.74) is 0.239. The van der Waals surface area contributed by atoms with Crippen LogP contribution >= 0.6 is 0 Å². The Kier molecular flexibility index (Phi) is 37.2. The molecule has 21 nitrogen and oxygen atoms in total. The van der Waals surface area contributed by atoms with Gasteiger partial charge in [-0.05, 0) is 50.7 Å². The molecule has 1 aromatic carbocycles. The Bertz CT molecular complexity index is 1570. The predicted octanol–water partition coefficient (Wildman–Crippen LogP) is 1.39. The monoisotopic (exact) mass is 1030 g/mol. The standard InChI is InChI=1S/C51H92N4O17/c1-4-7-10-13-16-21-28-70-39-31-35(32-40(71-29-22-17-14-11-8-5-2)47(39)72-30-23-18-15-12-9-6-3)48(66)53-26-27-54-49(67)36(55-51(69)46(65)44(63)42(61)38(59)34-57)24-19-20-25-52-50(68)45(64)43(62)41(60)37(58)33-56/h31-32,36-38,41-46,56-65H,4-30,33-34H2,1-3H3,(H,52,68)(H,53,66)(H,54,67)(H,55,69)/t36-,37-,38-,41-,42-,43+,44+,45-,46-/m0/s1. The lowest BCUT2D eigenvalue weighted by atomic mass is 10.0. The van der Waals surface area contributed by atoms with Crippen LogP contribution in [0.5, 0.6) is 17.2 Å². The van der Waals surface area contributed by atoms with E-state index in [4.69, 9.17) is 24.4 Å². The molecule has 0 fully saturated rings. The van der Waals surface area contributed by atoms with Crippen LogP contribution in [-0.2, 0) is 14.4 Å². The van der Waals surface area contributed by atoms with Gasteiger partial charge < -0.3 is 86.5 Å². The van der Waals surface area contributed by atoms with Crippen LogP contribution in [0.2, 0.25) is 0 Å². The lowest BCUT2D eigenvalue weighted by Gasteiger charge is -2.26. The van der Waals surface area contributed by atoms with Crippen LogP contribution in [0, 0.1) is 0 Å². The van der Waals surface area contributed by atoms with E-state index in [-0.39, 0.29) is 44.5 Å². The average molecular weight is 1030 g/mol. The highest BCUT2D eigenvalue weighted by Gasteiger charge is 2.36. The van der Waals surface area contributed by atoms with Gasteiger partial charge in [-0.25, -0.2) is 0 Å². The summed E-state index contributed by atoms with van der Waals surface area (Å²) in [6.45, 7) is 5.50. The van der Waals surface area contributed by atoms with Crippen molar-refractivity contribution in [1.82, 2.24) is 21.3 Å². The number of unbranched alkanes of at least 4 members (excludes halogenated alkanes) is 16. The minimum absolute atomic E-state index is 0.0831. The van der Waals surface area contributed by atoms with E-state index < -0.39 is 91.7 Å². The van der Waals surface area contributed by atoms with Gasteiger partial charge in [-0.1, -0.05) is 117 Å². The summed E-state index contributed by atoms with van der Waals surface area (Å²) in [5.74, 6) is -2.47. The van der Waals surface area contributed by atoms with Gasteiger partial charge in [-0.3, -0.25) is 19.2 Å². The lowest BCUT2D eigenvalue weighted by molar-refractivity contribution is -0.150. The van der Waals surface area contributed by atoms with E-state index in [1.54, 1.807) is 12.1 Å². The first-order valence-electron chi connectivity index (χ1n) is 26.5. The van der Waals surface area contributed by atoms with Crippen molar-refractivity contribution >= 4 is 23.6 Å². The number of benzene rings is 1. The Balaban J connectivity index is 3.21. The number of aliphatic hydroxyl groups is 10. The molecule has 0 saturated carbocycles. The van der Waals surface area contributed by atoms with E-state index in [0.29, 0.717) is 37.1 Å². The second kappa shape index (κ2) is 40.5. The van der Waals surface area contributed by atoms with Gasteiger partial charge in [0.05, 0.1) is 33.0 Å². The molecule has 0 saturated heterocycles. The highest BCUT2D eigenvalue weighted by molar-refractivity contribution is 5.95. The van der Waals surface area contributed by atoms with Gasteiger partial charge in [0.1, 0.15) is 42.7 Å². The Morgan fingerprint density at radius 1 is 0.458 bits per heavy atom. The maximum atomic E-state index is 13.8. The SMILES string of the molecule is CCCCCCCCOc1cc(C(=O)NCCNC(=O)[C@H](CCCCNC(=O)[C@@H](O)[C@H](O)[C@@H](O)[C@@H](O)CO)NC(=O)[C@@H](O)[C@H](O)[C@@H](O)[C@@H](O)CO)cc(OCCCCCCCC)c1OCCCCCCCC. The highest BCUT2D eigenvalue weighted by Crippen LogP contribution is 2.40. The van der Waals surface area contributed by atoms with Crippen molar-refractivity contribution in [3.8, 4) is 17.2 Å². The molecule has 4 amide bonds. The molecule has 0 unspecified atom stereocenters. The van der Waals surface area contributed by atoms with Crippen molar-refractivity contribution in [1.29, 1.82) is 0 Å². The van der Waals surface area contributed by atoms with Crippen LogP contribution < -0.4 is 35.5 Å². The zero-order chi connectivity index (χ0) is 53.7. The summed E-state index contributed by atoms with van der Waals surface area (Å²) in [4.78, 5) is 52.6. The Morgan fingerprint density at radius 3 is 1.32 bits per heavy atom. The molecule has 1 aromatic rings. The number of rotatable bonds is 45. The molecule has 0 aliphatic rings. The summed E-state index contributed by atoms with van der Waals surface area (Å²) in [6, 6.07) is 1.85. The van der Waals surface area contributed by atoms with Crippen molar-refractivity contribution < 1.29 is 84.5 Å². The molecule has 1 rings (SSSR count). The number of nitrogens with one attached hydrogen (secondary N) is 4. The van der Waals surface area contributed by atoms with Crippen molar-refractivity contribution in [2.45, 2.75) is 210 Å². The first kappa shape index (κ1) is 66.1. The van der Waals surface area contributed by atoms with E-state index in [2.05, 4.69) is 42.0 Å². The minimum atomic E-state index is -2.35. The average Bonchev–Trinajstić information content (AvgIpc) is 3.38. The molecule has 0 radical (unpaired) electrons. The molecule has 0 spiro atoms. The van der Waals surface area contributed by atoms with Gasteiger partial charge in [-0.2, -0.15) is 0 Å². The second-order valence-corrected chi connectivity index (χ2v) is 18.4. The van der Waals surface area contributed by atoms with Crippen molar-refractivity contribution in [2.75, 3.05) is 52.7 Å². The molecule has 14 N–H and O–H groups in total. The fraction of sp³-hybridized carbons (Fsp3) is 0.804. The number of aliphatic hydroxyl groups excluding tert-OH is 10. The van der Waals surface area contributed by atoms with Gasteiger partial charge in [0.2, 0.25) is 11.7 Å². The largest absolute Gasteiger partial charge is 0.490 e. The third kappa shape index (κ3) is 26.9. The van der Waals surface area contributed by atoms with Crippen LogP contribution in [-0.4, -0.2) is 182 Å². The number of amides is 4. The molecule has 0 aliphatic heterocycles. The number of ether oxygens (including phenoxy) is 3. The number of carbonyl (C=O) groups excluding carboxylic acids is 4. The molecule has 0 bridgehead atoms. The summed E-state index contributed by atoms with van der Waals surface area (Å²) in [7, 11) is 0. The van der Waals surface area contributed by atoms with Crippen LogP contribution in [0.4, 0.5) is 0 Å². The molecule has 0 aromatic heterocycles. The van der Waals surface area contributed by atoms with Crippen LogP contribution in [0.1, 0.15) is 166 Å². The zero-order valence-electron chi connectivity index (χ0n) is 43.2. The van der Waals surface area contributed by atoms with Gasteiger partial charge >= 0.3 is 0 Å². The highest BCUT2D eigenvalue weighted by atomic mass is 16.5. The Labute approximate surface area is 426 Å². The van der Waals surface area contributed by atoms with Gasteiger partial charge in [0.15, 0.2) is 23.7 Å².